The highest BCUT2D eigenvalue weighted by atomic mass is 16.6. The molecule has 0 amide bonds. The third-order valence-electron chi connectivity index (χ3n) is 6.25. The van der Waals surface area contributed by atoms with Gasteiger partial charge in [-0.1, -0.05) is 25.3 Å². The van der Waals surface area contributed by atoms with E-state index in [-0.39, 0.29) is 11.8 Å². The fourth-order valence-corrected chi connectivity index (χ4v) is 4.66. The predicted octanol–water partition coefficient (Wildman–Crippen LogP) is 3.01. The second-order valence-electron chi connectivity index (χ2n) is 8.39. The maximum absolute atomic E-state index is 12.6. The summed E-state index contributed by atoms with van der Waals surface area (Å²) in [7, 11) is 0. The molecule has 3 aliphatic rings. The Morgan fingerprint density at radius 2 is 2.07 bits per heavy atom. The summed E-state index contributed by atoms with van der Waals surface area (Å²) in [6, 6.07) is 8.93. The van der Waals surface area contributed by atoms with Crippen molar-refractivity contribution in [2.45, 2.75) is 57.2 Å². The maximum Gasteiger partial charge on any atom is 0.351 e. The zero-order valence-corrected chi connectivity index (χ0v) is 17.3. The van der Waals surface area contributed by atoms with Gasteiger partial charge in [-0.25, -0.2) is 4.79 Å². The fourth-order valence-electron chi connectivity index (χ4n) is 4.66. The number of anilines is 1. The summed E-state index contributed by atoms with van der Waals surface area (Å²) >= 11 is 0. The number of nitrogens with zero attached hydrogens (tertiary/aromatic N) is 2. The van der Waals surface area contributed by atoms with Gasteiger partial charge in [0, 0.05) is 29.9 Å². The van der Waals surface area contributed by atoms with Crippen molar-refractivity contribution in [1.29, 1.82) is 0 Å². The van der Waals surface area contributed by atoms with Gasteiger partial charge in [-0.15, -0.1) is 0 Å². The first-order chi connectivity index (χ1) is 14.8. The molecule has 5 rings (SSSR count). The minimum absolute atomic E-state index is 0.125. The normalized spacial score (nSPS) is 21.5. The molecule has 0 radical (unpaired) electrons. The number of hydrogen-bond acceptors (Lipinski definition) is 6. The summed E-state index contributed by atoms with van der Waals surface area (Å²) in [6.07, 6.45) is 7.18. The third-order valence-corrected chi connectivity index (χ3v) is 6.25. The van der Waals surface area contributed by atoms with Crippen molar-refractivity contribution >= 4 is 5.69 Å². The van der Waals surface area contributed by atoms with E-state index < -0.39 is 0 Å². The fraction of sp³-hybridized carbons (Fsp3) is 0.565. The Labute approximate surface area is 176 Å². The van der Waals surface area contributed by atoms with E-state index in [4.69, 9.17) is 14.2 Å². The standard InChI is InChI=1S/C23H29N3O4/c27-23-25-22(30-15-19-14-28-10-11-29-19)13-21-20-7-6-18(12-16(20)8-9-26(21)23)24-17-4-2-1-3-5-17/h6-7,12-13,17,19,24H,1-5,8-11,14-15H2/t19-/m0/s1. The molecular formula is C23H29N3O4. The molecule has 0 bridgehead atoms. The van der Waals surface area contributed by atoms with Gasteiger partial charge >= 0.3 is 5.69 Å². The Morgan fingerprint density at radius 1 is 1.17 bits per heavy atom. The molecule has 30 heavy (non-hydrogen) atoms. The van der Waals surface area contributed by atoms with Crippen LogP contribution < -0.4 is 15.7 Å². The lowest BCUT2D eigenvalue weighted by Gasteiger charge is -2.26. The van der Waals surface area contributed by atoms with Gasteiger partial charge in [-0.2, -0.15) is 4.98 Å². The van der Waals surface area contributed by atoms with Crippen LogP contribution in [-0.2, 0) is 22.4 Å². The number of aryl methyl sites for hydroxylation is 1. The molecule has 2 aliphatic heterocycles. The van der Waals surface area contributed by atoms with E-state index in [1.54, 1.807) is 4.57 Å². The zero-order valence-electron chi connectivity index (χ0n) is 17.3. The first kappa shape index (κ1) is 19.6. The van der Waals surface area contributed by atoms with Crippen LogP contribution in [0.25, 0.3) is 11.3 Å². The number of hydrogen-bond donors (Lipinski definition) is 1. The SMILES string of the molecule is O=c1nc(OC[C@@H]2COCCO2)cc2n1CCc1cc(NC3CCCCC3)ccc1-2. The molecule has 1 saturated carbocycles. The van der Waals surface area contributed by atoms with Gasteiger partial charge in [0.2, 0.25) is 5.88 Å². The van der Waals surface area contributed by atoms with Gasteiger partial charge in [0.15, 0.2) is 0 Å². The van der Waals surface area contributed by atoms with Crippen LogP contribution in [0.5, 0.6) is 5.88 Å². The van der Waals surface area contributed by atoms with E-state index in [0.29, 0.717) is 44.9 Å². The lowest BCUT2D eigenvalue weighted by atomic mass is 9.94. The van der Waals surface area contributed by atoms with E-state index in [1.165, 1.54) is 43.4 Å². The molecule has 2 fully saturated rings. The molecule has 2 aromatic rings. The van der Waals surface area contributed by atoms with Crippen molar-refractivity contribution < 1.29 is 14.2 Å². The van der Waals surface area contributed by atoms with Crippen molar-refractivity contribution in [1.82, 2.24) is 9.55 Å². The number of ether oxygens (including phenoxy) is 3. The van der Waals surface area contributed by atoms with Crippen molar-refractivity contribution in [2.75, 3.05) is 31.7 Å². The Hall–Kier alpha value is -2.38. The van der Waals surface area contributed by atoms with Crippen LogP contribution in [0.2, 0.25) is 0 Å². The molecule has 1 saturated heterocycles. The lowest BCUT2D eigenvalue weighted by molar-refractivity contribution is -0.102. The number of nitrogens with one attached hydrogen (secondary N) is 1. The first-order valence-electron chi connectivity index (χ1n) is 11.1. The average Bonchev–Trinajstić information content (AvgIpc) is 2.79. The average molecular weight is 412 g/mol. The van der Waals surface area contributed by atoms with Crippen LogP contribution in [0.15, 0.2) is 29.1 Å². The Kier molecular flexibility index (Phi) is 5.73. The molecule has 1 aromatic carbocycles. The molecule has 1 N–H and O–H groups in total. The van der Waals surface area contributed by atoms with Gasteiger partial charge in [0.25, 0.3) is 0 Å². The number of fused-ring (bicyclic) bond motifs is 3. The van der Waals surface area contributed by atoms with Gasteiger partial charge in [0.1, 0.15) is 12.7 Å². The van der Waals surface area contributed by atoms with Crippen molar-refractivity contribution in [3.8, 4) is 17.1 Å². The van der Waals surface area contributed by atoms with Crippen LogP contribution in [0.4, 0.5) is 5.69 Å². The molecule has 3 heterocycles. The highest BCUT2D eigenvalue weighted by Gasteiger charge is 2.21. The monoisotopic (exact) mass is 411 g/mol. The molecule has 7 nitrogen and oxygen atoms in total. The zero-order chi connectivity index (χ0) is 20.3. The van der Waals surface area contributed by atoms with Crippen molar-refractivity contribution in [3.63, 3.8) is 0 Å². The van der Waals surface area contributed by atoms with Gasteiger partial charge in [-0.05, 0) is 37.0 Å². The molecule has 160 valence electrons. The molecule has 1 aromatic heterocycles. The molecule has 7 heteroatoms. The Bertz CT molecular complexity index is 946. The highest BCUT2D eigenvalue weighted by molar-refractivity contribution is 5.69. The summed E-state index contributed by atoms with van der Waals surface area (Å²) in [4.78, 5) is 16.7. The maximum atomic E-state index is 12.6. The van der Waals surface area contributed by atoms with Crippen molar-refractivity contribution in [3.05, 3.63) is 40.3 Å². The molecule has 0 unspecified atom stereocenters. The summed E-state index contributed by atoms with van der Waals surface area (Å²) in [5.41, 5.74) is 4.12. The molecular weight excluding hydrogens is 382 g/mol. The molecule has 0 spiro atoms. The largest absolute Gasteiger partial charge is 0.475 e. The van der Waals surface area contributed by atoms with E-state index in [9.17, 15) is 4.79 Å². The number of benzene rings is 1. The smallest absolute Gasteiger partial charge is 0.351 e. The van der Waals surface area contributed by atoms with Gasteiger partial charge < -0.3 is 19.5 Å². The van der Waals surface area contributed by atoms with Gasteiger partial charge in [-0.3, -0.25) is 4.57 Å². The van der Waals surface area contributed by atoms with Gasteiger partial charge in [0.05, 0.1) is 25.5 Å². The van der Waals surface area contributed by atoms with Crippen LogP contribution in [-0.4, -0.2) is 48.1 Å². The Balaban J connectivity index is 1.35. The second-order valence-corrected chi connectivity index (χ2v) is 8.39. The van der Waals surface area contributed by atoms with Crippen LogP contribution in [0.3, 0.4) is 0 Å². The minimum Gasteiger partial charge on any atom is -0.475 e. The van der Waals surface area contributed by atoms with Crippen LogP contribution >= 0.6 is 0 Å². The predicted molar refractivity (Wildman–Crippen MR) is 114 cm³/mol. The summed E-state index contributed by atoms with van der Waals surface area (Å²) in [5, 5.41) is 3.70. The molecule has 1 atom stereocenters. The van der Waals surface area contributed by atoms with E-state index >= 15 is 0 Å². The van der Waals surface area contributed by atoms with E-state index in [2.05, 4.69) is 28.5 Å². The van der Waals surface area contributed by atoms with E-state index in [1.807, 2.05) is 6.07 Å². The quantitative estimate of drug-likeness (QED) is 0.815. The lowest BCUT2D eigenvalue weighted by Crippen LogP contribution is -2.34. The summed E-state index contributed by atoms with van der Waals surface area (Å²) in [5.74, 6) is 0.345. The van der Waals surface area contributed by atoms with E-state index in [0.717, 1.165) is 17.7 Å². The second kappa shape index (κ2) is 8.78. The summed E-state index contributed by atoms with van der Waals surface area (Å²) < 4.78 is 18.5. The third kappa shape index (κ3) is 4.23. The van der Waals surface area contributed by atoms with Crippen LogP contribution in [0.1, 0.15) is 37.7 Å². The molecule has 1 aliphatic carbocycles. The van der Waals surface area contributed by atoms with Crippen LogP contribution in [0, 0.1) is 0 Å². The highest BCUT2D eigenvalue weighted by Crippen LogP contribution is 2.32. The number of aromatic nitrogens is 2. The summed E-state index contributed by atoms with van der Waals surface area (Å²) in [6.45, 7) is 2.65. The number of rotatable bonds is 5. The minimum atomic E-state index is -0.265. The Morgan fingerprint density at radius 3 is 2.90 bits per heavy atom. The van der Waals surface area contributed by atoms with Crippen molar-refractivity contribution in [2.24, 2.45) is 0 Å². The topological polar surface area (TPSA) is 74.6 Å². The first-order valence-corrected chi connectivity index (χ1v) is 11.1.